The highest BCUT2D eigenvalue weighted by Crippen LogP contribution is 2.32. The number of nitrogens with one attached hydrogen (secondary N) is 1. The third kappa shape index (κ3) is 3.43. The van der Waals surface area contributed by atoms with Gasteiger partial charge in [0.1, 0.15) is 10.9 Å². The van der Waals surface area contributed by atoms with Gasteiger partial charge in [0, 0.05) is 6.20 Å². The van der Waals surface area contributed by atoms with Gasteiger partial charge in [-0.25, -0.2) is 15.0 Å². The summed E-state index contributed by atoms with van der Waals surface area (Å²) in [4.78, 5) is 27.9. The molecule has 136 valence electrons. The molecule has 0 fully saturated rings. The summed E-state index contributed by atoms with van der Waals surface area (Å²) in [5.41, 5.74) is 3.04. The molecule has 0 saturated carbocycles. The van der Waals surface area contributed by atoms with Gasteiger partial charge in [0.25, 0.3) is 5.91 Å². The molecular weight excluding hydrogens is 364 g/mol. The molecule has 4 rings (SSSR count). The molecule has 1 aromatic carbocycles. The second-order valence-electron chi connectivity index (χ2n) is 5.73. The number of aliphatic imine (C=N–C) groups is 1. The molecule has 0 spiro atoms. The Kier molecular flexibility index (Phi) is 4.64. The van der Waals surface area contributed by atoms with Crippen molar-refractivity contribution in [1.82, 2.24) is 15.0 Å². The van der Waals surface area contributed by atoms with Gasteiger partial charge < -0.3 is 14.5 Å². The number of fused-ring (bicyclic) bond motifs is 1. The number of carbonyl (C=O) groups excluding carboxylic acids is 1. The number of imidazole rings is 1. The monoisotopic (exact) mass is 380 g/mol. The zero-order valence-electron chi connectivity index (χ0n) is 14.7. The van der Waals surface area contributed by atoms with Crippen LogP contribution in [0.15, 0.2) is 41.5 Å². The Morgan fingerprint density at radius 2 is 2.07 bits per heavy atom. The molecule has 1 aliphatic rings. The number of hydrogen-bond acceptors (Lipinski definition) is 6. The molecule has 3 aromatic rings. The third-order valence-corrected chi connectivity index (χ3v) is 5.00. The Morgan fingerprint density at radius 3 is 2.78 bits per heavy atom. The van der Waals surface area contributed by atoms with Crippen molar-refractivity contribution in [2.24, 2.45) is 4.99 Å². The van der Waals surface area contributed by atoms with Crippen molar-refractivity contribution in [1.29, 1.82) is 0 Å². The number of H-pyrrole nitrogens is 1. The Labute approximate surface area is 159 Å². The van der Waals surface area contributed by atoms with Gasteiger partial charge >= 0.3 is 0 Å². The lowest BCUT2D eigenvalue weighted by Crippen LogP contribution is -1.98. The number of carbonyl (C=O) groups is 1. The summed E-state index contributed by atoms with van der Waals surface area (Å²) < 4.78 is 10.7. The van der Waals surface area contributed by atoms with Gasteiger partial charge in [-0.2, -0.15) is 0 Å². The predicted molar refractivity (Wildman–Crippen MR) is 106 cm³/mol. The first-order valence-corrected chi connectivity index (χ1v) is 9.16. The van der Waals surface area contributed by atoms with Crippen LogP contribution in [-0.4, -0.2) is 45.9 Å². The second-order valence-corrected chi connectivity index (χ2v) is 6.70. The smallest absolute Gasteiger partial charge is 0.257 e. The van der Waals surface area contributed by atoms with E-state index in [9.17, 15) is 4.79 Å². The lowest BCUT2D eigenvalue weighted by atomic mass is 10.1. The van der Waals surface area contributed by atoms with Gasteiger partial charge in [0.2, 0.25) is 0 Å². The number of ether oxygens (including phenoxy) is 2. The standard InChI is InChI=1S/C19H16N4O3S/c1-25-14-6-5-11(9-15(14)26-2)8-12(19-22-16(24)10-27-19)17-21-13-4-3-7-20-18(13)23-17/h3-9H,10H2,1-2H3,(H,20,21,23)/b12-8-. The van der Waals surface area contributed by atoms with Crippen molar-refractivity contribution in [2.75, 3.05) is 20.0 Å². The molecule has 7 nitrogen and oxygen atoms in total. The molecule has 8 heteroatoms. The first kappa shape index (κ1) is 17.3. The van der Waals surface area contributed by atoms with Gasteiger partial charge in [-0.1, -0.05) is 17.8 Å². The van der Waals surface area contributed by atoms with E-state index in [-0.39, 0.29) is 5.91 Å². The highest BCUT2D eigenvalue weighted by Gasteiger charge is 2.22. The number of aromatic amines is 1. The van der Waals surface area contributed by atoms with Crippen molar-refractivity contribution < 1.29 is 14.3 Å². The molecule has 0 aliphatic carbocycles. The fourth-order valence-electron chi connectivity index (χ4n) is 2.76. The molecule has 1 aliphatic heterocycles. The fraction of sp³-hybridized carbons (Fsp3) is 0.158. The molecule has 0 saturated heterocycles. The Balaban J connectivity index is 1.84. The average Bonchev–Trinajstić information content (AvgIpc) is 3.31. The molecule has 1 amide bonds. The summed E-state index contributed by atoms with van der Waals surface area (Å²) in [6, 6.07) is 9.35. The van der Waals surface area contributed by atoms with Crippen molar-refractivity contribution in [2.45, 2.75) is 0 Å². The largest absolute Gasteiger partial charge is 0.493 e. The maximum atomic E-state index is 11.7. The van der Waals surface area contributed by atoms with Gasteiger partial charge in [0.15, 0.2) is 17.1 Å². The van der Waals surface area contributed by atoms with E-state index in [0.29, 0.717) is 33.8 Å². The molecule has 0 atom stereocenters. The van der Waals surface area contributed by atoms with E-state index in [0.717, 1.165) is 16.7 Å². The number of amides is 1. The summed E-state index contributed by atoms with van der Waals surface area (Å²) in [7, 11) is 3.18. The van der Waals surface area contributed by atoms with Gasteiger partial charge in [-0.05, 0) is 35.9 Å². The molecule has 0 unspecified atom stereocenters. The zero-order chi connectivity index (χ0) is 18.8. The van der Waals surface area contributed by atoms with Crippen LogP contribution in [0.1, 0.15) is 11.4 Å². The average molecular weight is 380 g/mol. The number of pyridine rings is 1. The minimum Gasteiger partial charge on any atom is -0.493 e. The van der Waals surface area contributed by atoms with E-state index in [4.69, 9.17) is 9.47 Å². The topological polar surface area (TPSA) is 89.5 Å². The Morgan fingerprint density at radius 1 is 1.22 bits per heavy atom. The molecule has 0 radical (unpaired) electrons. The second kappa shape index (κ2) is 7.24. The van der Waals surface area contributed by atoms with E-state index in [1.807, 2.05) is 36.4 Å². The number of nitrogens with zero attached hydrogens (tertiary/aromatic N) is 3. The summed E-state index contributed by atoms with van der Waals surface area (Å²) in [5, 5.41) is 0.633. The number of thioether (sulfide) groups is 1. The first-order chi connectivity index (χ1) is 13.2. The van der Waals surface area contributed by atoms with Crippen molar-refractivity contribution >= 4 is 45.5 Å². The van der Waals surface area contributed by atoms with Crippen LogP contribution in [0, 0.1) is 0 Å². The number of aromatic nitrogens is 3. The maximum Gasteiger partial charge on any atom is 0.257 e. The molecule has 0 bridgehead atoms. The summed E-state index contributed by atoms with van der Waals surface area (Å²) in [5.74, 6) is 2.06. The van der Waals surface area contributed by atoms with E-state index in [1.165, 1.54) is 11.8 Å². The van der Waals surface area contributed by atoms with Gasteiger partial charge in [-0.3, -0.25) is 4.79 Å². The maximum absolute atomic E-state index is 11.7. The Hall–Kier alpha value is -3.13. The minimum atomic E-state index is -0.151. The first-order valence-electron chi connectivity index (χ1n) is 8.17. The van der Waals surface area contributed by atoms with Gasteiger partial charge in [-0.15, -0.1) is 0 Å². The zero-order valence-corrected chi connectivity index (χ0v) is 15.5. The van der Waals surface area contributed by atoms with Crippen LogP contribution in [0.2, 0.25) is 0 Å². The molecular formula is C19H16N4O3S. The van der Waals surface area contributed by atoms with E-state index >= 15 is 0 Å². The van der Waals surface area contributed by atoms with Crippen LogP contribution >= 0.6 is 11.8 Å². The minimum absolute atomic E-state index is 0.151. The Bertz CT molecular complexity index is 1050. The highest BCUT2D eigenvalue weighted by atomic mass is 32.2. The summed E-state index contributed by atoms with van der Waals surface area (Å²) in [6.45, 7) is 0. The number of benzene rings is 1. The molecule has 2 aromatic heterocycles. The number of rotatable bonds is 5. The quantitative estimate of drug-likeness (QED) is 0.731. The summed E-state index contributed by atoms with van der Waals surface area (Å²) in [6.07, 6.45) is 3.61. The third-order valence-electron chi connectivity index (χ3n) is 4.02. The SMILES string of the molecule is COc1ccc(/C=C(\C2=NC(=O)CS2)c2nc3ncccc3[nH]2)cc1OC. The fourth-order valence-corrected chi connectivity index (χ4v) is 3.56. The van der Waals surface area contributed by atoms with Crippen LogP contribution in [0.3, 0.4) is 0 Å². The molecule has 27 heavy (non-hydrogen) atoms. The predicted octanol–water partition coefficient (Wildman–Crippen LogP) is 3.19. The van der Waals surface area contributed by atoms with Crippen LogP contribution in [-0.2, 0) is 4.79 Å². The van der Waals surface area contributed by atoms with Crippen LogP contribution in [0.5, 0.6) is 11.5 Å². The van der Waals surface area contributed by atoms with Crippen molar-refractivity contribution in [3.63, 3.8) is 0 Å². The highest BCUT2D eigenvalue weighted by molar-refractivity contribution is 8.16. The van der Waals surface area contributed by atoms with Gasteiger partial charge in [0.05, 0.1) is 31.1 Å². The van der Waals surface area contributed by atoms with Crippen molar-refractivity contribution in [3.05, 3.63) is 47.9 Å². The van der Waals surface area contributed by atoms with Crippen LogP contribution < -0.4 is 9.47 Å². The van der Waals surface area contributed by atoms with Crippen LogP contribution in [0.4, 0.5) is 0 Å². The lowest BCUT2D eigenvalue weighted by molar-refractivity contribution is -0.115. The molecule has 1 N–H and O–H groups in total. The van der Waals surface area contributed by atoms with E-state index in [2.05, 4.69) is 19.9 Å². The van der Waals surface area contributed by atoms with Crippen LogP contribution in [0.25, 0.3) is 22.8 Å². The normalized spacial score (nSPS) is 14.5. The summed E-state index contributed by atoms with van der Waals surface area (Å²) >= 11 is 1.40. The lowest BCUT2D eigenvalue weighted by Gasteiger charge is -2.09. The van der Waals surface area contributed by atoms with E-state index in [1.54, 1.807) is 20.4 Å². The van der Waals surface area contributed by atoms with E-state index < -0.39 is 0 Å². The number of hydrogen-bond donors (Lipinski definition) is 1. The van der Waals surface area contributed by atoms with Crippen molar-refractivity contribution in [3.8, 4) is 11.5 Å². The molecule has 3 heterocycles. The number of methoxy groups -OCH3 is 2.